The van der Waals surface area contributed by atoms with Gasteiger partial charge in [0.05, 0.1) is 12.8 Å². The number of hydrogen-bond donors (Lipinski definition) is 2. The molecule has 0 aliphatic heterocycles. The Hall–Kier alpha value is -3.86. The Morgan fingerprint density at radius 1 is 1.10 bits per heavy atom. The van der Waals surface area contributed by atoms with Crippen molar-refractivity contribution in [2.45, 2.75) is 5.92 Å². The van der Waals surface area contributed by atoms with Gasteiger partial charge in [-0.3, -0.25) is 9.78 Å². The van der Waals surface area contributed by atoms with Crippen LogP contribution in [0.15, 0.2) is 85.2 Å². The Labute approximate surface area is 175 Å². The Morgan fingerprint density at radius 3 is 2.67 bits per heavy atom. The average molecular weight is 397 g/mol. The van der Waals surface area contributed by atoms with Gasteiger partial charge >= 0.3 is 0 Å². The fourth-order valence-corrected chi connectivity index (χ4v) is 3.52. The number of benzene rings is 2. The first kappa shape index (κ1) is 19.5. The molecule has 2 heterocycles. The van der Waals surface area contributed by atoms with Gasteiger partial charge in [-0.2, -0.15) is 0 Å². The fraction of sp³-hybridized carbons (Fsp3) is 0.120. The van der Waals surface area contributed by atoms with Crippen molar-refractivity contribution < 1.29 is 9.53 Å². The topological polar surface area (TPSA) is 67.0 Å². The van der Waals surface area contributed by atoms with Gasteiger partial charge in [-0.1, -0.05) is 36.4 Å². The van der Waals surface area contributed by atoms with Crippen molar-refractivity contribution in [3.05, 3.63) is 102 Å². The Morgan fingerprint density at radius 2 is 1.90 bits per heavy atom. The monoisotopic (exact) mass is 397 g/mol. The second-order valence-corrected chi connectivity index (χ2v) is 6.95. The van der Waals surface area contributed by atoms with E-state index in [1.807, 2.05) is 60.8 Å². The van der Waals surface area contributed by atoms with Gasteiger partial charge in [0, 0.05) is 41.8 Å². The minimum Gasteiger partial charge on any atom is -0.497 e. The minimum atomic E-state index is -0.154. The van der Waals surface area contributed by atoms with E-state index in [1.54, 1.807) is 19.4 Å². The smallest absolute Gasteiger partial charge is 0.244 e. The first-order valence-electron chi connectivity index (χ1n) is 9.81. The van der Waals surface area contributed by atoms with Crippen LogP contribution in [0.3, 0.4) is 0 Å². The highest BCUT2D eigenvalue weighted by atomic mass is 16.5. The number of hydrogen-bond acceptors (Lipinski definition) is 3. The summed E-state index contributed by atoms with van der Waals surface area (Å²) in [7, 11) is 1.65. The molecule has 5 nitrogen and oxygen atoms in total. The highest BCUT2D eigenvalue weighted by Crippen LogP contribution is 2.31. The summed E-state index contributed by atoms with van der Waals surface area (Å²) in [5, 5.41) is 4.18. The van der Waals surface area contributed by atoms with Crippen molar-refractivity contribution in [3.8, 4) is 5.75 Å². The van der Waals surface area contributed by atoms with E-state index in [4.69, 9.17) is 4.74 Å². The van der Waals surface area contributed by atoms with E-state index in [0.717, 1.165) is 33.5 Å². The molecule has 5 heteroatoms. The lowest BCUT2D eigenvalue weighted by atomic mass is 9.90. The molecule has 0 saturated heterocycles. The number of methoxy groups -OCH3 is 1. The standard InChI is InChI=1S/C25H23N3O2/c1-30-20-12-9-18(10-13-20)22(23-17-27-24-8-3-2-7-21(23)24)16-28-25(29)14-11-19-6-4-5-15-26-19/h2-15,17,22,27H,16H2,1H3,(H,28,29)/b14-11+. The van der Waals surface area contributed by atoms with Crippen molar-refractivity contribution in [2.75, 3.05) is 13.7 Å². The van der Waals surface area contributed by atoms with E-state index >= 15 is 0 Å². The zero-order chi connectivity index (χ0) is 20.8. The number of carbonyl (C=O) groups excluding carboxylic acids is 1. The molecule has 2 aromatic carbocycles. The maximum Gasteiger partial charge on any atom is 0.244 e. The molecule has 0 aliphatic carbocycles. The maximum absolute atomic E-state index is 12.4. The third-order valence-corrected chi connectivity index (χ3v) is 5.09. The van der Waals surface area contributed by atoms with Crippen LogP contribution in [0.2, 0.25) is 0 Å². The van der Waals surface area contributed by atoms with Crippen molar-refractivity contribution >= 4 is 22.9 Å². The number of H-pyrrole nitrogens is 1. The summed E-state index contributed by atoms with van der Waals surface area (Å²) in [6, 6.07) is 21.8. The molecule has 0 spiro atoms. The number of carbonyl (C=O) groups is 1. The van der Waals surface area contributed by atoms with Gasteiger partial charge in [-0.15, -0.1) is 0 Å². The van der Waals surface area contributed by atoms with Crippen LogP contribution < -0.4 is 10.1 Å². The number of amides is 1. The number of ether oxygens (including phenoxy) is 1. The quantitative estimate of drug-likeness (QED) is 0.450. The highest BCUT2D eigenvalue weighted by Gasteiger charge is 2.19. The number of rotatable bonds is 7. The number of nitrogens with one attached hydrogen (secondary N) is 2. The van der Waals surface area contributed by atoms with Gasteiger partial charge < -0.3 is 15.0 Å². The van der Waals surface area contributed by atoms with Gasteiger partial charge in [0.15, 0.2) is 0 Å². The molecule has 0 bridgehead atoms. The Bertz CT molecular complexity index is 1150. The minimum absolute atomic E-state index is 0.000689. The molecule has 4 rings (SSSR count). The molecule has 0 fully saturated rings. The molecule has 2 aromatic heterocycles. The first-order valence-corrected chi connectivity index (χ1v) is 9.81. The van der Waals surface area contributed by atoms with Crippen LogP contribution in [0, 0.1) is 0 Å². The maximum atomic E-state index is 12.4. The van der Waals surface area contributed by atoms with E-state index in [-0.39, 0.29) is 11.8 Å². The number of fused-ring (bicyclic) bond motifs is 1. The number of nitrogens with zero attached hydrogens (tertiary/aromatic N) is 1. The lowest BCUT2D eigenvalue weighted by Crippen LogP contribution is -2.27. The Kier molecular flexibility index (Phi) is 5.90. The van der Waals surface area contributed by atoms with Gasteiger partial charge in [-0.25, -0.2) is 0 Å². The summed E-state index contributed by atoms with van der Waals surface area (Å²) >= 11 is 0. The summed E-state index contributed by atoms with van der Waals surface area (Å²) in [5.74, 6) is 0.650. The van der Waals surface area contributed by atoms with Crippen LogP contribution in [0.25, 0.3) is 17.0 Å². The molecular weight excluding hydrogens is 374 g/mol. The van der Waals surface area contributed by atoms with Gasteiger partial charge in [-0.05, 0) is 47.5 Å². The number of pyridine rings is 1. The van der Waals surface area contributed by atoms with E-state index < -0.39 is 0 Å². The summed E-state index contributed by atoms with van der Waals surface area (Å²) in [6.07, 6.45) is 6.95. The molecule has 30 heavy (non-hydrogen) atoms. The predicted octanol–water partition coefficient (Wildman–Crippen LogP) is 4.53. The molecular formula is C25H23N3O2. The van der Waals surface area contributed by atoms with E-state index in [9.17, 15) is 4.79 Å². The van der Waals surface area contributed by atoms with Crippen molar-refractivity contribution in [2.24, 2.45) is 0 Å². The van der Waals surface area contributed by atoms with Crippen LogP contribution in [0.1, 0.15) is 22.7 Å². The lowest BCUT2D eigenvalue weighted by molar-refractivity contribution is -0.116. The van der Waals surface area contributed by atoms with Gasteiger partial charge in [0.25, 0.3) is 0 Å². The zero-order valence-electron chi connectivity index (χ0n) is 16.7. The molecule has 150 valence electrons. The van der Waals surface area contributed by atoms with E-state index in [0.29, 0.717) is 6.54 Å². The van der Waals surface area contributed by atoms with Crippen molar-refractivity contribution in [1.82, 2.24) is 15.3 Å². The molecule has 1 atom stereocenters. The third kappa shape index (κ3) is 4.41. The molecule has 0 saturated carbocycles. The first-order chi connectivity index (χ1) is 14.7. The second kappa shape index (κ2) is 9.09. The molecule has 2 N–H and O–H groups in total. The molecule has 1 amide bonds. The summed E-state index contributed by atoms with van der Waals surface area (Å²) in [5.41, 5.74) is 4.07. The largest absolute Gasteiger partial charge is 0.497 e. The SMILES string of the molecule is COc1ccc(C(CNC(=O)/C=C/c2ccccn2)c2c[nH]c3ccccc23)cc1. The van der Waals surface area contributed by atoms with Crippen LogP contribution in [0.4, 0.5) is 0 Å². The summed E-state index contributed by atoms with van der Waals surface area (Å²) < 4.78 is 5.29. The van der Waals surface area contributed by atoms with Crippen LogP contribution >= 0.6 is 0 Å². The molecule has 4 aromatic rings. The van der Waals surface area contributed by atoms with Crippen LogP contribution in [-0.2, 0) is 4.79 Å². The highest BCUT2D eigenvalue weighted by molar-refractivity contribution is 5.91. The summed E-state index contributed by atoms with van der Waals surface area (Å²) in [4.78, 5) is 20.0. The van der Waals surface area contributed by atoms with Crippen molar-refractivity contribution in [1.29, 1.82) is 0 Å². The van der Waals surface area contributed by atoms with Crippen LogP contribution in [0.5, 0.6) is 5.75 Å². The lowest BCUT2D eigenvalue weighted by Gasteiger charge is -2.18. The predicted molar refractivity (Wildman–Crippen MR) is 119 cm³/mol. The fourth-order valence-electron chi connectivity index (χ4n) is 3.52. The number of aromatic amines is 1. The van der Waals surface area contributed by atoms with Crippen LogP contribution in [-0.4, -0.2) is 29.5 Å². The average Bonchev–Trinajstić information content (AvgIpc) is 3.23. The normalized spacial score (nSPS) is 12.2. The van der Waals surface area contributed by atoms with E-state index in [1.165, 1.54) is 6.08 Å². The number of para-hydroxylation sites is 1. The second-order valence-electron chi connectivity index (χ2n) is 6.95. The number of aromatic nitrogens is 2. The van der Waals surface area contributed by atoms with Gasteiger partial charge in [0.2, 0.25) is 5.91 Å². The molecule has 0 aliphatic rings. The molecule has 0 radical (unpaired) electrons. The van der Waals surface area contributed by atoms with E-state index in [2.05, 4.69) is 27.4 Å². The summed E-state index contributed by atoms with van der Waals surface area (Å²) in [6.45, 7) is 0.472. The van der Waals surface area contributed by atoms with Gasteiger partial charge in [0.1, 0.15) is 5.75 Å². The molecule has 1 unspecified atom stereocenters. The zero-order valence-corrected chi connectivity index (χ0v) is 16.7. The Balaban J connectivity index is 1.57. The third-order valence-electron chi connectivity index (χ3n) is 5.09. The van der Waals surface area contributed by atoms with Crippen molar-refractivity contribution in [3.63, 3.8) is 0 Å².